The zero-order chi connectivity index (χ0) is 25.1. The van der Waals surface area contributed by atoms with Gasteiger partial charge in [0, 0.05) is 31.1 Å². The van der Waals surface area contributed by atoms with E-state index < -0.39 is 11.8 Å². The molecule has 1 fully saturated rings. The zero-order valence-corrected chi connectivity index (χ0v) is 20.5. The number of rotatable bonds is 5. The van der Waals surface area contributed by atoms with Gasteiger partial charge in [0.15, 0.2) is 6.20 Å². The molecule has 2 atom stereocenters. The lowest BCUT2D eigenvalue weighted by Crippen LogP contribution is -2.69. The fourth-order valence-corrected chi connectivity index (χ4v) is 5.44. The summed E-state index contributed by atoms with van der Waals surface area (Å²) in [4.78, 5) is 29.9. The molecule has 0 spiro atoms. The molecular formula is C26H31FN5O3+. The second-order valence-electron chi connectivity index (χ2n) is 10.1. The summed E-state index contributed by atoms with van der Waals surface area (Å²) in [7, 11) is 0. The number of aliphatic hydroxyl groups excluding tert-OH is 1. The first-order chi connectivity index (χ1) is 16.6. The summed E-state index contributed by atoms with van der Waals surface area (Å²) < 4.78 is 17.2. The third kappa shape index (κ3) is 3.69. The Kier molecular flexibility index (Phi) is 5.62. The first-order valence-corrected chi connectivity index (χ1v) is 12.2. The lowest BCUT2D eigenvalue weighted by atomic mass is 10.0. The van der Waals surface area contributed by atoms with Crippen molar-refractivity contribution in [3.05, 3.63) is 53.6 Å². The minimum absolute atomic E-state index is 0.0989. The standard InChI is InChI=1S/C26H31FN5O3/c1-5-17-13-20(18-6-8-19(27)9-7-18)28-31-14-21-24(34)30-11-10-29(25(35)22(33)12-16(2)3)15-26(30,4)32(21)23(17)31/h6-9,13-14,16,22,33H,5,10-12,15H2,1-4H3/q+1. The molecule has 2 aromatic heterocycles. The molecule has 5 rings (SSSR count). The number of hydrogen-bond donors (Lipinski definition) is 1. The second-order valence-corrected chi connectivity index (χ2v) is 10.1. The Morgan fingerprint density at radius 3 is 2.63 bits per heavy atom. The van der Waals surface area contributed by atoms with E-state index in [2.05, 4.69) is 0 Å². The molecule has 1 saturated heterocycles. The molecule has 4 heterocycles. The molecule has 2 unspecified atom stereocenters. The Labute approximate surface area is 203 Å². The predicted octanol–water partition coefficient (Wildman–Crippen LogP) is 2.37. The van der Waals surface area contributed by atoms with Gasteiger partial charge >= 0.3 is 11.6 Å². The van der Waals surface area contributed by atoms with Gasteiger partial charge in [-0.3, -0.25) is 14.5 Å². The van der Waals surface area contributed by atoms with E-state index in [0.29, 0.717) is 37.3 Å². The number of aliphatic hydroxyl groups is 1. The Bertz CT molecular complexity index is 1320. The maximum absolute atomic E-state index is 13.4. The number of halogens is 1. The molecule has 8 nitrogen and oxygen atoms in total. The molecule has 1 N–H and O–H groups in total. The number of carbonyl (C=O) groups excluding carboxylic acids is 2. The van der Waals surface area contributed by atoms with Crippen LogP contribution in [0, 0.1) is 11.7 Å². The van der Waals surface area contributed by atoms with Gasteiger partial charge in [-0.1, -0.05) is 30.4 Å². The van der Waals surface area contributed by atoms with E-state index in [-0.39, 0.29) is 30.1 Å². The second kappa shape index (κ2) is 8.41. The van der Waals surface area contributed by atoms with Gasteiger partial charge in [0.05, 0.1) is 6.54 Å². The number of imidazole rings is 1. The van der Waals surface area contributed by atoms with Gasteiger partial charge in [0.25, 0.3) is 5.91 Å². The Balaban J connectivity index is 1.58. The molecule has 2 aliphatic rings. The highest BCUT2D eigenvalue weighted by atomic mass is 19.1. The van der Waals surface area contributed by atoms with Crippen LogP contribution in [-0.2, 0) is 16.9 Å². The van der Waals surface area contributed by atoms with Crippen molar-refractivity contribution < 1.29 is 23.7 Å². The normalized spacial score (nSPS) is 20.5. The first-order valence-electron chi connectivity index (χ1n) is 12.2. The van der Waals surface area contributed by atoms with Crippen LogP contribution in [0.5, 0.6) is 0 Å². The van der Waals surface area contributed by atoms with E-state index in [1.54, 1.807) is 27.7 Å². The number of hydrogen-bond acceptors (Lipinski definition) is 4. The number of amides is 2. The van der Waals surface area contributed by atoms with Crippen LogP contribution in [-0.4, -0.2) is 62.1 Å². The average molecular weight is 481 g/mol. The van der Waals surface area contributed by atoms with Crippen molar-refractivity contribution in [1.29, 1.82) is 0 Å². The van der Waals surface area contributed by atoms with Gasteiger partial charge in [-0.15, -0.1) is 0 Å². The SMILES string of the molecule is CCc1cc(-c2ccc(F)cc2)nn2cc3[n+](c12)C1(C)CN(C(=O)C(O)CC(C)C)CCN1C3=O. The number of aromatic nitrogens is 3. The maximum atomic E-state index is 13.4. The number of carbonyl (C=O) groups is 2. The summed E-state index contributed by atoms with van der Waals surface area (Å²) in [6.07, 6.45) is 1.79. The molecule has 2 aliphatic heterocycles. The Hall–Kier alpha value is -3.33. The van der Waals surface area contributed by atoms with Crippen molar-refractivity contribution in [2.75, 3.05) is 19.6 Å². The topological polar surface area (TPSA) is 82.0 Å². The molecule has 184 valence electrons. The molecular weight excluding hydrogens is 449 g/mol. The van der Waals surface area contributed by atoms with Crippen LogP contribution in [0.2, 0.25) is 0 Å². The van der Waals surface area contributed by atoms with Crippen molar-refractivity contribution in [2.24, 2.45) is 5.92 Å². The molecule has 3 aromatic rings. The van der Waals surface area contributed by atoms with Gasteiger partial charge in [-0.05, 0) is 49.1 Å². The molecule has 0 bridgehead atoms. The Morgan fingerprint density at radius 1 is 1.26 bits per heavy atom. The van der Waals surface area contributed by atoms with Gasteiger partial charge in [-0.25, -0.2) is 4.39 Å². The highest BCUT2D eigenvalue weighted by molar-refractivity contribution is 5.93. The van der Waals surface area contributed by atoms with E-state index in [0.717, 1.165) is 16.8 Å². The number of nitrogens with zero attached hydrogens (tertiary/aromatic N) is 5. The molecule has 9 heteroatoms. The van der Waals surface area contributed by atoms with Crippen molar-refractivity contribution in [2.45, 2.75) is 52.3 Å². The van der Waals surface area contributed by atoms with E-state index in [9.17, 15) is 19.1 Å². The predicted molar refractivity (Wildman–Crippen MR) is 127 cm³/mol. The van der Waals surface area contributed by atoms with Crippen LogP contribution < -0.4 is 4.57 Å². The summed E-state index contributed by atoms with van der Waals surface area (Å²) in [6, 6.07) is 8.16. The van der Waals surface area contributed by atoms with Crippen molar-refractivity contribution >= 4 is 17.5 Å². The number of piperazine rings is 1. The van der Waals surface area contributed by atoms with Crippen LogP contribution in [0.15, 0.2) is 36.5 Å². The fraction of sp³-hybridized carbons (Fsp3) is 0.462. The van der Waals surface area contributed by atoms with Gasteiger partial charge in [0.1, 0.15) is 17.6 Å². The summed E-state index contributed by atoms with van der Waals surface area (Å²) in [6.45, 7) is 9.01. The van der Waals surface area contributed by atoms with Gasteiger partial charge in [-0.2, -0.15) is 4.57 Å². The quantitative estimate of drug-likeness (QED) is 0.569. The fourth-order valence-electron chi connectivity index (χ4n) is 5.44. The molecule has 0 radical (unpaired) electrons. The maximum Gasteiger partial charge on any atom is 0.313 e. The first kappa shape index (κ1) is 23.4. The van der Waals surface area contributed by atoms with E-state index in [1.807, 2.05) is 43.2 Å². The summed E-state index contributed by atoms with van der Waals surface area (Å²) in [5, 5.41) is 15.2. The van der Waals surface area contributed by atoms with Crippen LogP contribution >= 0.6 is 0 Å². The van der Waals surface area contributed by atoms with Crippen LogP contribution in [0.3, 0.4) is 0 Å². The van der Waals surface area contributed by atoms with E-state index in [1.165, 1.54) is 12.1 Å². The number of benzene rings is 1. The van der Waals surface area contributed by atoms with Crippen LogP contribution in [0.25, 0.3) is 16.9 Å². The zero-order valence-electron chi connectivity index (χ0n) is 20.5. The highest BCUT2D eigenvalue weighted by Crippen LogP contribution is 2.33. The third-order valence-electron chi connectivity index (χ3n) is 7.15. The molecule has 0 saturated carbocycles. The summed E-state index contributed by atoms with van der Waals surface area (Å²) >= 11 is 0. The summed E-state index contributed by atoms with van der Waals surface area (Å²) in [5.41, 5.74) is 2.98. The average Bonchev–Trinajstić information content (AvgIpc) is 3.31. The van der Waals surface area contributed by atoms with Crippen LogP contribution in [0.1, 0.15) is 50.2 Å². The van der Waals surface area contributed by atoms with Crippen molar-refractivity contribution in [3.8, 4) is 11.3 Å². The Morgan fingerprint density at radius 2 is 1.97 bits per heavy atom. The highest BCUT2D eigenvalue weighted by Gasteiger charge is 2.57. The lowest BCUT2D eigenvalue weighted by molar-refractivity contribution is -0.749. The number of aryl methyl sites for hydroxylation is 1. The third-order valence-corrected chi connectivity index (χ3v) is 7.15. The largest absolute Gasteiger partial charge is 0.383 e. The smallest absolute Gasteiger partial charge is 0.313 e. The molecule has 35 heavy (non-hydrogen) atoms. The molecule has 0 aliphatic carbocycles. The summed E-state index contributed by atoms with van der Waals surface area (Å²) in [5.74, 6) is -0.506. The monoisotopic (exact) mass is 480 g/mol. The van der Waals surface area contributed by atoms with E-state index >= 15 is 0 Å². The van der Waals surface area contributed by atoms with E-state index in [4.69, 9.17) is 5.10 Å². The molecule has 2 amide bonds. The van der Waals surface area contributed by atoms with Crippen molar-refractivity contribution in [1.82, 2.24) is 19.4 Å². The van der Waals surface area contributed by atoms with Gasteiger partial charge < -0.3 is 10.0 Å². The molecule has 1 aromatic carbocycles. The minimum atomic E-state index is -1.05. The minimum Gasteiger partial charge on any atom is -0.383 e. The van der Waals surface area contributed by atoms with Gasteiger partial charge in [0.2, 0.25) is 11.4 Å². The number of fused-ring (bicyclic) bond motifs is 5. The lowest BCUT2D eigenvalue weighted by Gasteiger charge is -2.43. The van der Waals surface area contributed by atoms with Crippen molar-refractivity contribution in [3.63, 3.8) is 0 Å². The van der Waals surface area contributed by atoms with Crippen LogP contribution in [0.4, 0.5) is 4.39 Å².